The van der Waals surface area contributed by atoms with Crippen LogP contribution in [0.25, 0.3) is 0 Å². The van der Waals surface area contributed by atoms with E-state index in [9.17, 15) is 14.4 Å². The lowest BCUT2D eigenvalue weighted by atomic mass is 10.0. The predicted molar refractivity (Wildman–Crippen MR) is 113 cm³/mol. The summed E-state index contributed by atoms with van der Waals surface area (Å²) in [7, 11) is 0. The average Bonchev–Trinajstić information content (AvgIpc) is 2.69. The van der Waals surface area contributed by atoms with Gasteiger partial charge in [0.1, 0.15) is 0 Å². The Labute approximate surface area is 172 Å². The van der Waals surface area contributed by atoms with Crippen molar-refractivity contribution < 1.29 is 24.6 Å². The van der Waals surface area contributed by atoms with E-state index in [1.54, 1.807) is 47.8 Å². The molecule has 0 aliphatic carbocycles. The number of ketones is 1. The highest BCUT2D eigenvalue weighted by molar-refractivity contribution is 7.98. The molecular weight excluding hydrogens is 396 g/mol. The highest BCUT2D eigenvalue weighted by atomic mass is 32.2. The van der Waals surface area contributed by atoms with Gasteiger partial charge in [-0.15, -0.1) is 0 Å². The van der Waals surface area contributed by atoms with Crippen LogP contribution in [-0.4, -0.2) is 39.4 Å². The number of carboxylic acid groups (broad SMARTS) is 2. The minimum absolute atomic E-state index is 0.0461. The van der Waals surface area contributed by atoms with E-state index in [2.05, 4.69) is 0 Å². The molecule has 0 radical (unpaired) electrons. The summed E-state index contributed by atoms with van der Waals surface area (Å²) in [6.07, 6.45) is 0.296. The molecule has 0 aromatic heterocycles. The first-order valence-electron chi connectivity index (χ1n) is 8.77. The predicted octanol–water partition coefficient (Wildman–Crippen LogP) is 4.33. The SMILES string of the molecule is O=C(O)CCSCc1ccc(C(=O)c2ccc(CSCCC(=O)O)cc2)cc1. The summed E-state index contributed by atoms with van der Waals surface area (Å²) in [4.78, 5) is 33.6. The summed E-state index contributed by atoms with van der Waals surface area (Å²) in [5.41, 5.74) is 3.34. The summed E-state index contributed by atoms with van der Waals surface area (Å²) in [6.45, 7) is 0. The van der Waals surface area contributed by atoms with E-state index in [0.717, 1.165) is 22.6 Å². The zero-order valence-electron chi connectivity index (χ0n) is 15.3. The summed E-state index contributed by atoms with van der Waals surface area (Å²) < 4.78 is 0. The van der Waals surface area contributed by atoms with Crippen LogP contribution in [0.1, 0.15) is 39.9 Å². The van der Waals surface area contributed by atoms with Gasteiger partial charge in [0.25, 0.3) is 0 Å². The maximum Gasteiger partial charge on any atom is 0.304 e. The number of hydrogen-bond donors (Lipinski definition) is 2. The lowest BCUT2D eigenvalue weighted by molar-refractivity contribution is -0.137. The molecule has 0 atom stereocenters. The minimum atomic E-state index is -0.793. The van der Waals surface area contributed by atoms with E-state index >= 15 is 0 Å². The molecule has 7 heteroatoms. The molecule has 28 heavy (non-hydrogen) atoms. The van der Waals surface area contributed by atoms with Gasteiger partial charge in [-0.3, -0.25) is 14.4 Å². The molecule has 2 rings (SSSR count). The van der Waals surface area contributed by atoms with Gasteiger partial charge in [-0.2, -0.15) is 23.5 Å². The molecule has 0 spiro atoms. The van der Waals surface area contributed by atoms with Crippen molar-refractivity contribution in [2.45, 2.75) is 24.3 Å². The van der Waals surface area contributed by atoms with Crippen molar-refractivity contribution in [2.24, 2.45) is 0 Å². The van der Waals surface area contributed by atoms with Crippen molar-refractivity contribution in [3.8, 4) is 0 Å². The normalized spacial score (nSPS) is 10.6. The first-order valence-corrected chi connectivity index (χ1v) is 11.1. The fraction of sp³-hybridized carbons (Fsp3) is 0.286. The molecule has 2 aromatic carbocycles. The number of benzene rings is 2. The molecule has 0 unspecified atom stereocenters. The van der Waals surface area contributed by atoms with E-state index in [-0.39, 0.29) is 18.6 Å². The van der Waals surface area contributed by atoms with Gasteiger partial charge in [0.05, 0.1) is 12.8 Å². The second-order valence-electron chi connectivity index (χ2n) is 6.12. The van der Waals surface area contributed by atoms with Crippen molar-refractivity contribution in [1.82, 2.24) is 0 Å². The third kappa shape index (κ3) is 7.78. The van der Waals surface area contributed by atoms with Crippen LogP contribution in [0.3, 0.4) is 0 Å². The fourth-order valence-electron chi connectivity index (χ4n) is 2.37. The molecular formula is C21H22O5S2. The zero-order chi connectivity index (χ0) is 20.4. The molecule has 0 saturated carbocycles. The Morgan fingerprint density at radius 1 is 0.643 bits per heavy atom. The highest BCUT2D eigenvalue weighted by Crippen LogP contribution is 2.18. The number of carbonyl (C=O) groups is 3. The Morgan fingerprint density at radius 3 is 1.32 bits per heavy atom. The third-order valence-corrected chi connectivity index (χ3v) is 5.95. The standard InChI is InChI=1S/C21H22O5S2/c22-19(23)9-11-27-13-15-1-5-17(6-2-15)21(26)18-7-3-16(4-8-18)14-28-12-10-20(24)25/h1-8H,9-14H2,(H,22,23)(H,24,25). The van der Waals surface area contributed by atoms with Gasteiger partial charge < -0.3 is 10.2 Å². The van der Waals surface area contributed by atoms with Crippen LogP contribution in [0, 0.1) is 0 Å². The van der Waals surface area contributed by atoms with E-state index in [1.807, 2.05) is 24.3 Å². The fourth-order valence-corrected chi connectivity index (χ4v) is 4.15. The quantitative estimate of drug-likeness (QED) is 0.391. The Kier molecular flexibility index (Phi) is 9.10. The molecule has 0 amide bonds. The molecule has 2 aromatic rings. The number of hydrogen-bond acceptors (Lipinski definition) is 5. The number of rotatable bonds is 12. The molecule has 0 saturated heterocycles. The van der Waals surface area contributed by atoms with Crippen LogP contribution in [0.5, 0.6) is 0 Å². The summed E-state index contributed by atoms with van der Waals surface area (Å²) >= 11 is 3.11. The van der Waals surface area contributed by atoms with Crippen molar-refractivity contribution in [1.29, 1.82) is 0 Å². The monoisotopic (exact) mass is 418 g/mol. The topological polar surface area (TPSA) is 91.7 Å². The first-order chi connectivity index (χ1) is 13.5. The lowest BCUT2D eigenvalue weighted by Gasteiger charge is -2.06. The summed E-state index contributed by atoms with van der Waals surface area (Å²) in [5.74, 6) is 0.937. The van der Waals surface area contributed by atoms with Gasteiger partial charge in [0, 0.05) is 34.1 Å². The average molecular weight is 419 g/mol. The van der Waals surface area contributed by atoms with Gasteiger partial charge in [-0.25, -0.2) is 0 Å². The van der Waals surface area contributed by atoms with Crippen LogP contribution in [0.15, 0.2) is 48.5 Å². The number of carbonyl (C=O) groups excluding carboxylic acids is 1. The van der Waals surface area contributed by atoms with Crippen LogP contribution in [-0.2, 0) is 21.1 Å². The number of carboxylic acids is 2. The van der Waals surface area contributed by atoms with E-state index < -0.39 is 11.9 Å². The van der Waals surface area contributed by atoms with E-state index in [4.69, 9.17) is 10.2 Å². The molecule has 2 N–H and O–H groups in total. The number of thioether (sulfide) groups is 2. The van der Waals surface area contributed by atoms with Crippen LogP contribution < -0.4 is 0 Å². The Hall–Kier alpha value is -2.25. The lowest BCUT2D eigenvalue weighted by Crippen LogP contribution is -2.02. The summed E-state index contributed by atoms with van der Waals surface area (Å²) in [6, 6.07) is 14.8. The number of aliphatic carboxylic acids is 2. The van der Waals surface area contributed by atoms with E-state index in [0.29, 0.717) is 22.6 Å². The molecule has 0 heterocycles. The molecule has 0 fully saturated rings. The van der Waals surface area contributed by atoms with Gasteiger partial charge in [0.2, 0.25) is 0 Å². The zero-order valence-corrected chi connectivity index (χ0v) is 16.9. The van der Waals surface area contributed by atoms with Crippen molar-refractivity contribution >= 4 is 41.2 Å². The van der Waals surface area contributed by atoms with Gasteiger partial charge in [0.15, 0.2) is 5.78 Å². The highest BCUT2D eigenvalue weighted by Gasteiger charge is 2.09. The van der Waals surface area contributed by atoms with Crippen molar-refractivity contribution in [3.63, 3.8) is 0 Å². The van der Waals surface area contributed by atoms with Crippen molar-refractivity contribution in [3.05, 3.63) is 70.8 Å². The smallest absolute Gasteiger partial charge is 0.304 e. The van der Waals surface area contributed by atoms with Gasteiger partial charge in [-0.05, 0) is 11.1 Å². The Morgan fingerprint density at radius 2 is 1.00 bits per heavy atom. The Bertz CT molecular complexity index is 733. The second-order valence-corrected chi connectivity index (χ2v) is 8.33. The van der Waals surface area contributed by atoms with Gasteiger partial charge >= 0.3 is 11.9 Å². The van der Waals surface area contributed by atoms with Crippen LogP contribution >= 0.6 is 23.5 Å². The minimum Gasteiger partial charge on any atom is -0.481 e. The Balaban J connectivity index is 1.85. The summed E-state index contributed by atoms with van der Waals surface area (Å²) in [5, 5.41) is 17.3. The molecule has 148 valence electrons. The molecule has 0 bridgehead atoms. The maximum absolute atomic E-state index is 12.6. The first kappa shape index (κ1) is 22.0. The van der Waals surface area contributed by atoms with E-state index in [1.165, 1.54) is 0 Å². The second kappa shape index (κ2) is 11.6. The molecule has 0 aliphatic heterocycles. The molecule has 5 nitrogen and oxygen atoms in total. The third-order valence-electron chi connectivity index (χ3n) is 3.89. The van der Waals surface area contributed by atoms with Gasteiger partial charge in [-0.1, -0.05) is 48.5 Å². The van der Waals surface area contributed by atoms with Crippen molar-refractivity contribution in [2.75, 3.05) is 11.5 Å². The largest absolute Gasteiger partial charge is 0.481 e. The molecule has 0 aliphatic rings. The maximum atomic E-state index is 12.6. The van der Waals surface area contributed by atoms with Crippen LogP contribution in [0.4, 0.5) is 0 Å². The van der Waals surface area contributed by atoms with Crippen LogP contribution in [0.2, 0.25) is 0 Å².